The van der Waals surface area contributed by atoms with Crippen molar-refractivity contribution >= 4 is 17.9 Å². The van der Waals surface area contributed by atoms with Crippen LogP contribution in [0.5, 0.6) is 0 Å². The van der Waals surface area contributed by atoms with Gasteiger partial charge in [-0.3, -0.25) is 14.4 Å². The summed E-state index contributed by atoms with van der Waals surface area (Å²) < 4.78 is 16.7. The predicted octanol–water partition coefficient (Wildman–Crippen LogP) is 16.6. The minimum absolute atomic E-state index is 0.105. The first-order chi connectivity index (χ1) is 30.5. The largest absolute Gasteiger partial charge is 0.462 e. The van der Waals surface area contributed by atoms with E-state index in [-0.39, 0.29) is 37.5 Å². The first-order valence-corrected chi connectivity index (χ1v) is 25.2. The number of carbonyl (C=O) groups excluding carboxylic acids is 3. The highest BCUT2D eigenvalue weighted by Gasteiger charge is 2.19. The van der Waals surface area contributed by atoms with Crippen LogP contribution in [0.25, 0.3) is 0 Å². The van der Waals surface area contributed by atoms with Crippen LogP contribution in [0.1, 0.15) is 220 Å². The lowest BCUT2D eigenvalue weighted by molar-refractivity contribution is -0.167. The molecule has 0 fully saturated rings. The van der Waals surface area contributed by atoms with Gasteiger partial charge in [0.2, 0.25) is 0 Å². The summed E-state index contributed by atoms with van der Waals surface area (Å²) in [4.78, 5) is 37.9. The fourth-order valence-electron chi connectivity index (χ4n) is 6.50. The Morgan fingerprint density at radius 1 is 0.339 bits per heavy atom. The number of hydrogen-bond donors (Lipinski definition) is 0. The van der Waals surface area contributed by atoms with Crippen LogP contribution in [0, 0.1) is 0 Å². The number of carbonyl (C=O) groups is 3. The molecule has 0 saturated carbocycles. The number of rotatable bonds is 44. The molecule has 0 bridgehead atoms. The van der Waals surface area contributed by atoms with Gasteiger partial charge < -0.3 is 14.2 Å². The average Bonchev–Trinajstić information content (AvgIpc) is 3.27. The van der Waals surface area contributed by atoms with E-state index in [0.29, 0.717) is 19.3 Å². The van der Waals surface area contributed by atoms with E-state index in [1.165, 1.54) is 51.4 Å². The molecule has 0 aromatic carbocycles. The van der Waals surface area contributed by atoms with Gasteiger partial charge in [0.15, 0.2) is 6.10 Å². The van der Waals surface area contributed by atoms with E-state index in [9.17, 15) is 14.4 Å². The van der Waals surface area contributed by atoms with Crippen LogP contribution in [0.4, 0.5) is 0 Å². The molecule has 6 nitrogen and oxygen atoms in total. The standard InChI is InChI=1S/C56H92O6/c1-4-7-10-13-16-19-22-24-26-27-28-29-31-32-34-37-40-43-46-49-55(58)61-52-53(51-60-54(57)48-45-42-39-36-21-18-15-12-9-6-3)62-56(59)50-47-44-41-38-35-33-30-25-23-20-17-14-11-8-5-2/h8,11-12,15-17,19-20,24-26,28-30,35,38,53H,4-7,9-10,13-14,18,21-23,27,31-34,36-37,39-52H2,1-3H3/b11-8-,15-12-,19-16-,20-17-,26-24-,29-28-,30-25-,38-35-. The predicted molar refractivity (Wildman–Crippen MR) is 265 cm³/mol. The van der Waals surface area contributed by atoms with Gasteiger partial charge in [-0.25, -0.2) is 0 Å². The second-order valence-corrected chi connectivity index (χ2v) is 16.3. The highest BCUT2D eigenvalue weighted by atomic mass is 16.6. The van der Waals surface area contributed by atoms with E-state index in [4.69, 9.17) is 14.2 Å². The molecule has 6 heteroatoms. The van der Waals surface area contributed by atoms with Gasteiger partial charge in [0.1, 0.15) is 13.2 Å². The quantitative estimate of drug-likeness (QED) is 0.0263. The normalized spacial score (nSPS) is 12.9. The van der Waals surface area contributed by atoms with Crippen LogP contribution in [0.15, 0.2) is 97.2 Å². The molecule has 0 amide bonds. The number of esters is 3. The van der Waals surface area contributed by atoms with Gasteiger partial charge >= 0.3 is 17.9 Å². The zero-order valence-electron chi connectivity index (χ0n) is 40.1. The summed E-state index contributed by atoms with van der Waals surface area (Å²) in [5.41, 5.74) is 0. The van der Waals surface area contributed by atoms with Gasteiger partial charge in [0, 0.05) is 19.3 Å². The summed E-state index contributed by atoms with van der Waals surface area (Å²) in [6.45, 7) is 6.36. The van der Waals surface area contributed by atoms with Gasteiger partial charge in [-0.15, -0.1) is 0 Å². The minimum Gasteiger partial charge on any atom is -0.462 e. The molecular weight excluding hydrogens is 769 g/mol. The van der Waals surface area contributed by atoms with Gasteiger partial charge in [-0.05, 0) is 116 Å². The van der Waals surface area contributed by atoms with Gasteiger partial charge in [0.25, 0.3) is 0 Å². The van der Waals surface area contributed by atoms with Crippen LogP contribution < -0.4 is 0 Å². The molecule has 1 atom stereocenters. The van der Waals surface area contributed by atoms with Crippen molar-refractivity contribution in [2.45, 2.75) is 226 Å². The second kappa shape index (κ2) is 50.0. The summed E-state index contributed by atoms with van der Waals surface area (Å²) in [7, 11) is 0. The van der Waals surface area contributed by atoms with Crippen molar-refractivity contribution in [1.82, 2.24) is 0 Å². The summed E-state index contributed by atoms with van der Waals surface area (Å²) in [6.07, 6.45) is 65.4. The molecule has 0 radical (unpaired) electrons. The Balaban J connectivity index is 4.45. The Bertz CT molecular complexity index is 1260. The lowest BCUT2D eigenvalue weighted by Gasteiger charge is -2.18. The third-order valence-electron chi connectivity index (χ3n) is 10.3. The SMILES string of the molecule is CC/C=C\C/C=C\C/C=C\C/C=C\CCCCC(=O)OC(COC(=O)CCCCCCC/C=C\CCC)COC(=O)CCCCCCCC/C=C\C/C=C\C/C=C\CCCCC. The lowest BCUT2D eigenvalue weighted by Crippen LogP contribution is -2.30. The molecule has 0 rings (SSSR count). The highest BCUT2D eigenvalue weighted by molar-refractivity contribution is 5.71. The Kier molecular flexibility index (Phi) is 47.0. The summed E-state index contributed by atoms with van der Waals surface area (Å²) >= 11 is 0. The first kappa shape index (κ1) is 58.3. The van der Waals surface area contributed by atoms with E-state index < -0.39 is 6.10 Å². The van der Waals surface area contributed by atoms with Crippen molar-refractivity contribution in [3.8, 4) is 0 Å². The monoisotopic (exact) mass is 861 g/mol. The van der Waals surface area contributed by atoms with Crippen LogP contribution in [0.3, 0.4) is 0 Å². The molecule has 0 aliphatic rings. The molecule has 352 valence electrons. The molecule has 0 aromatic rings. The minimum atomic E-state index is -0.808. The number of allylic oxidation sites excluding steroid dienone is 16. The van der Waals surface area contributed by atoms with E-state index in [0.717, 1.165) is 122 Å². The maximum atomic E-state index is 12.8. The molecule has 62 heavy (non-hydrogen) atoms. The van der Waals surface area contributed by atoms with Crippen LogP contribution in [0.2, 0.25) is 0 Å². The fraction of sp³-hybridized carbons (Fsp3) is 0.661. The molecule has 0 aliphatic heterocycles. The van der Waals surface area contributed by atoms with Gasteiger partial charge in [0.05, 0.1) is 0 Å². The van der Waals surface area contributed by atoms with Crippen molar-refractivity contribution in [1.29, 1.82) is 0 Å². The smallest absolute Gasteiger partial charge is 0.306 e. The zero-order valence-corrected chi connectivity index (χ0v) is 40.1. The molecule has 0 aliphatic carbocycles. The summed E-state index contributed by atoms with van der Waals surface area (Å²) in [6, 6.07) is 0. The van der Waals surface area contributed by atoms with Crippen LogP contribution in [-0.4, -0.2) is 37.2 Å². The zero-order chi connectivity index (χ0) is 45.1. The maximum Gasteiger partial charge on any atom is 0.306 e. The molecule has 0 saturated heterocycles. The maximum absolute atomic E-state index is 12.8. The Hall–Kier alpha value is -3.67. The Labute approximate surface area is 381 Å². The third-order valence-corrected chi connectivity index (χ3v) is 10.3. The first-order valence-electron chi connectivity index (χ1n) is 25.2. The summed E-state index contributed by atoms with van der Waals surface area (Å²) in [5.74, 6) is -0.975. The topological polar surface area (TPSA) is 78.9 Å². The number of hydrogen-bond acceptors (Lipinski definition) is 6. The average molecular weight is 861 g/mol. The highest BCUT2D eigenvalue weighted by Crippen LogP contribution is 2.13. The number of ether oxygens (including phenoxy) is 3. The molecule has 0 N–H and O–H groups in total. The van der Waals surface area contributed by atoms with Crippen molar-refractivity contribution in [2.24, 2.45) is 0 Å². The van der Waals surface area contributed by atoms with Gasteiger partial charge in [-0.2, -0.15) is 0 Å². The third kappa shape index (κ3) is 47.4. The van der Waals surface area contributed by atoms with Crippen LogP contribution in [-0.2, 0) is 28.6 Å². The van der Waals surface area contributed by atoms with Gasteiger partial charge in [-0.1, -0.05) is 182 Å². The van der Waals surface area contributed by atoms with E-state index in [1.54, 1.807) is 0 Å². The molecule has 0 spiro atoms. The van der Waals surface area contributed by atoms with E-state index >= 15 is 0 Å². The van der Waals surface area contributed by atoms with Crippen LogP contribution >= 0.6 is 0 Å². The van der Waals surface area contributed by atoms with Crippen molar-refractivity contribution < 1.29 is 28.6 Å². The molecule has 0 aromatic heterocycles. The Morgan fingerprint density at radius 2 is 0.661 bits per heavy atom. The second-order valence-electron chi connectivity index (χ2n) is 16.3. The van der Waals surface area contributed by atoms with E-state index in [2.05, 4.69) is 118 Å². The lowest BCUT2D eigenvalue weighted by atomic mass is 10.1. The van der Waals surface area contributed by atoms with Crippen molar-refractivity contribution in [3.05, 3.63) is 97.2 Å². The summed E-state index contributed by atoms with van der Waals surface area (Å²) in [5, 5.41) is 0. The Morgan fingerprint density at radius 3 is 1.10 bits per heavy atom. The molecule has 0 heterocycles. The van der Waals surface area contributed by atoms with E-state index in [1.807, 2.05) is 0 Å². The molecular formula is C56H92O6. The number of unbranched alkanes of at least 4 members (excludes halogenated alkanes) is 17. The molecule has 1 unspecified atom stereocenters. The van der Waals surface area contributed by atoms with Crippen molar-refractivity contribution in [3.63, 3.8) is 0 Å². The fourth-order valence-corrected chi connectivity index (χ4v) is 6.50. The van der Waals surface area contributed by atoms with Crippen molar-refractivity contribution in [2.75, 3.05) is 13.2 Å².